The van der Waals surface area contributed by atoms with Crippen molar-refractivity contribution in [3.05, 3.63) is 49.7 Å². The zero-order chi connectivity index (χ0) is 20.4. The van der Waals surface area contributed by atoms with E-state index in [0.717, 1.165) is 15.3 Å². The molecule has 0 fully saturated rings. The molecule has 148 valence electrons. The molecule has 2 aromatic rings. The standard InChI is InChI=1S/C19H21N3O3S3/c1-5-25-18(24)13-9(2)11(4)28-17(13)22-16(23)14-10(3)20-19(26)21-15(14)12-7-6-8-27-12/h6-8,15H,5H2,1-4H3,(H,22,23)(H2,20,21,26). The topological polar surface area (TPSA) is 79.5 Å². The van der Waals surface area contributed by atoms with Gasteiger partial charge >= 0.3 is 5.97 Å². The van der Waals surface area contributed by atoms with Gasteiger partial charge in [0.05, 0.1) is 23.8 Å². The van der Waals surface area contributed by atoms with Crippen LogP contribution in [0.4, 0.5) is 5.00 Å². The zero-order valence-corrected chi connectivity index (χ0v) is 18.4. The van der Waals surface area contributed by atoms with Crippen molar-refractivity contribution >= 4 is 56.9 Å². The molecule has 3 heterocycles. The number of nitrogens with one attached hydrogen (secondary N) is 3. The largest absolute Gasteiger partial charge is 0.462 e. The molecule has 1 atom stereocenters. The van der Waals surface area contributed by atoms with Crippen LogP contribution in [0.25, 0.3) is 0 Å². The number of anilines is 1. The van der Waals surface area contributed by atoms with Crippen LogP contribution in [0.2, 0.25) is 0 Å². The Hall–Kier alpha value is -2.23. The van der Waals surface area contributed by atoms with E-state index in [2.05, 4.69) is 16.0 Å². The number of allylic oxidation sites excluding steroid dienone is 1. The van der Waals surface area contributed by atoms with Gasteiger partial charge in [0, 0.05) is 15.5 Å². The maximum atomic E-state index is 13.2. The molecule has 1 aliphatic heterocycles. The monoisotopic (exact) mass is 435 g/mol. The van der Waals surface area contributed by atoms with E-state index in [1.807, 2.05) is 38.3 Å². The number of hydrogen-bond donors (Lipinski definition) is 3. The third-order valence-electron chi connectivity index (χ3n) is 4.43. The van der Waals surface area contributed by atoms with Gasteiger partial charge in [-0.15, -0.1) is 22.7 Å². The highest BCUT2D eigenvalue weighted by atomic mass is 32.1. The molecule has 0 saturated heterocycles. The fraction of sp³-hybridized carbons (Fsp3) is 0.316. The number of aryl methyl sites for hydroxylation is 1. The van der Waals surface area contributed by atoms with Crippen LogP contribution in [0.5, 0.6) is 0 Å². The average molecular weight is 436 g/mol. The number of thiocarbonyl (C=S) groups is 1. The van der Waals surface area contributed by atoms with Crippen LogP contribution < -0.4 is 16.0 Å². The second-order valence-corrected chi connectivity index (χ2v) is 8.86. The lowest BCUT2D eigenvalue weighted by Gasteiger charge is -2.29. The van der Waals surface area contributed by atoms with Crippen LogP contribution in [0, 0.1) is 13.8 Å². The number of hydrogen-bond acceptors (Lipinski definition) is 6. The van der Waals surface area contributed by atoms with Crippen LogP contribution in [0.1, 0.15) is 45.6 Å². The first-order chi connectivity index (χ1) is 13.3. The van der Waals surface area contributed by atoms with Gasteiger partial charge in [0.25, 0.3) is 5.91 Å². The summed E-state index contributed by atoms with van der Waals surface area (Å²) < 4.78 is 5.17. The quantitative estimate of drug-likeness (QED) is 0.486. The molecule has 0 bridgehead atoms. The van der Waals surface area contributed by atoms with E-state index < -0.39 is 5.97 Å². The number of amides is 1. The van der Waals surface area contributed by atoms with Gasteiger partial charge in [-0.3, -0.25) is 4.79 Å². The first-order valence-electron chi connectivity index (χ1n) is 8.73. The van der Waals surface area contributed by atoms with E-state index in [-0.39, 0.29) is 18.6 Å². The number of esters is 1. The van der Waals surface area contributed by atoms with Crippen molar-refractivity contribution in [2.45, 2.75) is 33.7 Å². The third-order valence-corrected chi connectivity index (χ3v) is 6.71. The number of thiophene rings is 2. The van der Waals surface area contributed by atoms with E-state index in [4.69, 9.17) is 17.0 Å². The molecular formula is C19H21N3O3S3. The first-order valence-corrected chi connectivity index (χ1v) is 10.8. The molecule has 1 aliphatic rings. The Morgan fingerprint density at radius 3 is 2.71 bits per heavy atom. The van der Waals surface area contributed by atoms with E-state index in [0.29, 0.717) is 26.9 Å². The SMILES string of the molecule is CCOC(=O)c1c(NC(=O)C2=C(C)NC(=S)NC2c2cccs2)sc(C)c1C. The van der Waals surface area contributed by atoms with Crippen molar-refractivity contribution in [3.8, 4) is 0 Å². The van der Waals surface area contributed by atoms with Crippen LogP contribution in [-0.2, 0) is 9.53 Å². The van der Waals surface area contributed by atoms with Gasteiger partial charge in [0.2, 0.25) is 0 Å². The number of carbonyl (C=O) groups is 2. The minimum absolute atomic E-state index is 0.274. The van der Waals surface area contributed by atoms with Gasteiger partial charge in [-0.05, 0) is 56.9 Å². The van der Waals surface area contributed by atoms with E-state index in [9.17, 15) is 9.59 Å². The second kappa shape index (κ2) is 8.42. The third kappa shape index (κ3) is 3.96. The highest BCUT2D eigenvalue weighted by Crippen LogP contribution is 2.35. The lowest BCUT2D eigenvalue weighted by molar-refractivity contribution is -0.113. The Morgan fingerprint density at radius 2 is 2.07 bits per heavy atom. The number of carbonyl (C=O) groups excluding carboxylic acids is 2. The highest BCUT2D eigenvalue weighted by Gasteiger charge is 2.32. The Morgan fingerprint density at radius 1 is 1.32 bits per heavy atom. The molecule has 1 amide bonds. The Labute approximate surface area is 177 Å². The van der Waals surface area contributed by atoms with Crippen LogP contribution in [0.15, 0.2) is 28.8 Å². The maximum Gasteiger partial charge on any atom is 0.341 e. The molecule has 0 saturated carbocycles. The van der Waals surface area contributed by atoms with Gasteiger partial charge in [-0.2, -0.15) is 0 Å². The summed E-state index contributed by atoms with van der Waals surface area (Å²) in [4.78, 5) is 27.5. The summed E-state index contributed by atoms with van der Waals surface area (Å²) in [6.07, 6.45) is 0. The van der Waals surface area contributed by atoms with Gasteiger partial charge in [0.15, 0.2) is 5.11 Å². The summed E-state index contributed by atoms with van der Waals surface area (Å²) in [6.45, 7) is 7.62. The van der Waals surface area contributed by atoms with Gasteiger partial charge in [-0.1, -0.05) is 6.07 Å². The van der Waals surface area contributed by atoms with Gasteiger partial charge in [-0.25, -0.2) is 4.79 Å². The molecule has 28 heavy (non-hydrogen) atoms. The predicted molar refractivity (Wildman–Crippen MR) is 117 cm³/mol. The lowest BCUT2D eigenvalue weighted by Crippen LogP contribution is -2.45. The lowest BCUT2D eigenvalue weighted by atomic mass is 10.0. The van der Waals surface area contributed by atoms with Crippen LogP contribution >= 0.6 is 34.9 Å². The van der Waals surface area contributed by atoms with Gasteiger partial charge in [0.1, 0.15) is 5.00 Å². The van der Waals surface area contributed by atoms with E-state index in [1.165, 1.54) is 11.3 Å². The molecule has 0 aromatic carbocycles. The molecule has 3 rings (SSSR count). The number of ether oxygens (including phenoxy) is 1. The average Bonchev–Trinajstić information content (AvgIpc) is 3.23. The predicted octanol–water partition coefficient (Wildman–Crippen LogP) is 4.03. The zero-order valence-electron chi connectivity index (χ0n) is 16.0. The van der Waals surface area contributed by atoms with Crippen LogP contribution in [0.3, 0.4) is 0 Å². The molecule has 0 spiro atoms. The van der Waals surface area contributed by atoms with Crippen LogP contribution in [-0.4, -0.2) is 23.6 Å². The molecule has 6 nitrogen and oxygen atoms in total. The summed E-state index contributed by atoms with van der Waals surface area (Å²) in [5.41, 5.74) is 2.45. The fourth-order valence-corrected chi connectivity index (χ4v) is 5.10. The molecule has 0 radical (unpaired) electrons. The summed E-state index contributed by atoms with van der Waals surface area (Å²) in [5, 5.41) is 12.0. The highest BCUT2D eigenvalue weighted by molar-refractivity contribution is 7.80. The summed E-state index contributed by atoms with van der Waals surface area (Å²) in [5.74, 6) is -0.716. The molecule has 9 heteroatoms. The first kappa shape index (κ1) is 20.5. The summed E-state index contributed by atoms with van der Waals surface area (Å²) >= 11 is 8.18. The van der Waals surface area contributed by atoms with E-state index in [1.54, 1.807) is 18.3 Å². The Kier molecular flexibility index (Phi) is 6.17. The van der Waals surface area contributed by atoms with Crippen molar-refractivity contribution in [3.63, 3.8) is 0 Å². The van der Waals surface area contributed by atoms with Crippen molar-refractivity contribution in [1.29, 1.82) is 0 Å². The molecule has 0 aliphatic carbocycles. The fourth-order valence-electron chi connectivity index (χ4n) is 3.00. The minimum atomic E-state index is -0.429. The Bertz CT molecular complexity index is 961. The molecule has 1 unspecified atom stereocenters. The van der Waals surface area contributed by atoms with Gasteiger partial charge < -0.3 is 20.7 Å². The van der Waals surface area contributed by atoms with Crippen molar-refractivity contribution in [2.24, 2.45) is 0 Å². The van der Waals surface area contributed by atoms with Crippen molar-refractivity contribution in [2.75, 3.05) is 11.9 Å². The summed E-state index contributed by atoms with van der Waals surface area (Å²) in [6, 6.07) is 3.55. The van der Waals surface area contributed by atoms with E-state index >= 15 is 0 Å². The molecular weight excluding hydrogens is 414 g/mol. The Balaban J connectivity index is 1.96. The normalized spacial score (nSPS) is 16.4. The smallest absolute Gasteiger partial charge is 0.341 e. The second-order valence-electron chi connectivity index (χ2n) is 6.25. The molecule has 3 N–H and O–H groups in total. The molecule has 2 aromatic heterocycles. The van der Waals surface area contributed by atoms with Crippen molar-refractivity contribution < 1.29 is 14.3 Å². The minimum Gasteiger partial charge on any atom is -0.462 e. The summed E-state index contributed by atoms with van der Waals surface area (Å²) in [7, 11) is 0. The van der Waals surface area contributed by atoms with Crippen molar-refractivity contribution in [1.82, 2.24) is 10.6 Å². The maximum absolute atomic E-state index is 13.2. The number of rotatable bonds is 5.